The molecule has 1 aromatic carbocycles. The molecule has 0 spiro atoms. The van der Waals surface area contributed by atoms with Crippen LogP contribution < -0.4 is 5.73 Å². The predicted molar refractivity (Wildman–Crippen MR) is 117 cm³/mol. The molecule has 3 rings (SSSR count). The zero-order chi connectivity index (χ0) is 23.8. The summed E-state index contributed by atoms with van der Waals surface area (Å²) in [6, 6.07) is 8.91. The second-order valence-corrected chi connectivity index (χ2v) is 9.91. The van der Waals surface area contributed by atoms with Crippen LogP contribution in [0.4, 0.5) is 13.2 Å². The smallest absolute Gasteiger partial charge is 0.286 e. The zero-order valence-corrected chi connectivity index (χ0v) is 19.2. The van der Waals surface area contributed by atoms with Gasteiger partial charge in [-0.3, -0.25) is 0 Å². The van der Waals surface area contributed by atoms with Gasteiger partial charge in [0.2, 0.25) is 10.0 Å². The van der Waals surface area contributed by atoms with Crippen molar-refractivity contribution in [3.63, 3.8) is 0 Å². The zero-order valence-electron chi connectivity index (χ0n) is 18.4. The summed E-state index contributed by atoms with van der Waals surface area (Å²) in [4.78, 5) is 4.26. The van der Waals surface area contributed by atoms with Gasteiger partial charge in [0, 0.05) is 38.4 Å². The summed E-state index contributed by atoms with van der Waals surface area (Å²) < 4.78 is 70.4. The number of aromatic nitrogens is 2. The maximum atomic E-state index is 14.4. The lowest BCUT2D eigenvalue weighted by Gasteiger charge is -2.13. The van der Waals surface area contributed by atoms with Crippen LogP contribution in [0.2, 0.25) is 0 Å². The fraction of sp³-hybridized carbons (Fsp3) is 0.318. The molecule has 2 aromatic heterocycles. The Hall–Kier alpha value is -2.69. The van der Waals surface area contributed by atoms with Gasteiger partial charge in [-0.05, 0) is 36.8 Å². The molecule has 32 heavy (non-hydrogen) atoms. The molecule has 0 atom stereocenters. The average Bonchev–Trinajstić information content (AvgIpc) is 2.98. The fourth-order valence-electron chi connectivity index (χ4n) is 3.53. The molecule has 0 aliphatic heterocycles. The first-order chi connectivity index (χ1) is 14.9. The van der Waals surface area contributed by atoms with Gasteiger partial charge in [0.15, 0.2) is 0 Å². The third-order valence-electron chi connectivity index (χ3n) is 5.19. The first kappa shape index (κ1) is 24.0. The van der Waals surface area contributed by atoms with E-state index >= 15 is 0 Å². The van der Waals surface area contributed by atoms with Crippen LogP contribution >= 0.6 is 0 Å². The molecule has 10 heteroatoms. The summed E-state index contributed by atoms with van der Waals surface area (Å²) in [5, 5.41) is 0. The van der Waals surface area contributed by atoms with E-state index < -0.39 is 27.5 Å². The SMILES string of the molecule is Cc1c(-c2cccc(S(=O)(=O)N(C)C)c2)c2nc(C(C)(F)F)ccc2n1CC(F)=CC[NH3+]. The molecular weight excluding hydrogens is 441 g/mol. The lowest BCUT2D eigenvalue weighted by Crippen LogP contribution is -2.49. The second-order valence-electron chi connectivity index (χ2n) is 7.75. The lowest BCUT2D eigenvalue weighted by atomic mass is 10.0. The van der Waals surface area contributed by atoms with Crippen LogP contribution in [0.3, 0.4) is 0 Å². The standard InChI is InChI=1S/C22H25F3N4O2S/c1-14-20(15-6-5-7-17(12-15)32(30,31)28(3)4)21-18(29(14)13-16(23)10-11-26)8-9-19(27-21)22(2,24)25/h5-10,12H,11,13,26H2,1-4H3/p+1. The van der Waals surface area contributed by atoms with Crippen molar-refractivity contribution in [2.45, 2.75) is 31.2 Å². The van der Waals surface area contributed by atoms with Crippen LogP contribution in [0, 0.1) is 6.92 Å². The quantitative estimate of drug-likeness (QED) is 0.578. The van der Waals surface area contributed by atoms with Gasteiger partial charge in [-0.25, -0.2) is 22.1 Å². The Morgan fingerprint density at radius 1 is 1.25 bits per heavy atom. The molecule has 3 N–H and O–H groups in total. The molecule has 0 aliphatic carbocycles. The van der Waals surface area contributed by atoms with E-state index in [-0.39, 0.29) is 23.5 Å². The van der Waals surface area contributed by atoms with Gasteiger partial charge < -0.3 is 10.3 Å². The number of nitrogens with zero attached hydrogens (tertiary/aromatic N) is 3. The molecule has 0 amide bonds. The topological polar surface area (TPSA) is 82.8 Å². The third-order valence-corrected chi connectivity index (χ3v) is 7.01. The van der Waals surface area contributed by atoms with E-state index in [2.05, 4.69) is 10.7 Å². The Balaban J connectivity index is 2.33. The number of rotatable bonds is 7. The Labute approximate surface area is 185 Å². The maximum Gasteiger partial charge on any atom is 0.286 e. The molecule has 6 nitrogen and oxygen atoms in total. The molecule has 0 aliphatic rings. The minimum absolute atomic E-state index is 0.0559. The van der Waals surface area contributed by atoms with E-state index in [1.807, 2.05) is 0 Å². The minimum Gasteiger partial charge on any atom is -0.354 e. The van der Waals surface area contributed by atoms with Crippen LogP contribution in [0.5, 0.6) is 0 Å². The van der Waals surface area contributed by atoms with Crippen LogP contribution in [0.15, 0.2) is 53.2 Å². The van der Waals surface area contributed by atoms with Crippen molar-refractivity contribution in [1.29, 1.82) is 0 Å². The summed E-state index contributed by atoms with van der Waals surface area (Å²) >= 11 is 0. The van der Waals surface area contributed by atoms with E-state index in [1.165, 1.54) is 44.4 Å². The first-order valence-corrected chi connectivity index (χ1v) is 11.4. The van der Waals surface area contributed by atoms with Gasteiger partial charge in [-0.15, -0.1) is 0 Å². The Morgan fingerprint density at radius 2 is 1.94 bits per heavy atom. The maximum absolute atomic E-state index is 14.4. The van der Waals surface area contributed by atoms with Gasteiger partial charge in [0.25, 0.3) is 5.92 Å². The highest BCUT2D eigenvalue weighted by Crippen LogP contribution is 2.37. The number of fused-ring (bicyclic) bond motifs is 1. The van der Waals surface area contributed by atoms with E-state index in [1.54, 1.807) is 23.6 Å². The first-order valence-electron chi connectivity index (χ1n) is 9.92. The summed E-state index contributed by atoms with van der Waals surface area (Å²) in [6.07, 6.45) is 1.34. The van der Waals surface area contributed by atoms with Gasteiger partial charge >= 0.3 is 0 Å². The molecule has 0 bridgehead atoms. The number of hydrogen-bond acceptors (Lipinski definition) is 3. The van der Waals surface area contributed by atoms with Gasteiger partial charge in [-0.1, -0.05) is 12.1 Å². The normalized spacial score (nSPS) is 13.3. The average molecular weight is 468 g/mol. The molecule has 172 valence electrons. The summed E-state index contributed by atoms with van der Waals surface area (Å²) in [5.41, 5.74) is 5.45. The largest absolute Gasteiger partial charge is 0.354 e. The highest BCUT2D eigenvalue weighted by Gasteiger charge is 2.28. The fourth-order valence-corrected chi connectivity index (χ4v) is 4.48. The van der Waals surface area contributed by atoms with Crippen LogP contribution in [-0.4, -0.2) is 42.9 Å². The molecule has 2 heterocycles. The summed E-state index contributed by atoms with van der Waals surface area (Å²) in [6.45, 7) is 2.64. The summed E-state index contributed by atoms with van der Waals surface area (Å²) in [7, 11) is -0.865. The molecule has 0 radical (unpaired) electrons. The van der Waals surface area contributed by atoms with Crippen LogP contribution in [0.25, 0.3) is 22.2 Å². The van der Waals surface area contributed by atoms with Crippen molar-refractivity contribution in [2.75, 3.05) is 20.6 Å². The van der Waals surface area contributed by atoms with E-state index in [9.17, 15) is 21.6 Å². The predicted octanol–water partition coefficient (Wildman–Crippen LogP) is 3.47. The van der Waals surface area contributed by atoms with Crippen molar-refractivity contribution in [1.82, 2.24) is 13.9 Å². The minimum atomic E-state index is -3.71. The number of allylic oxidation sites excluding steroid dienone is 1. The van der Waals surface area contributed by atoms with Gasteiger partial charge in [-0.2, -0.15) is 8.78 Å². The van der Waals surface area contributed by atoms with Gasteiger partial charge in [0.1, 0.15) is 11.5 Å². The number of hydrogen-bond donors (Lipinski definition) is 1. The molecule has 3 aromatic rings. The summed E-state index contributed by atoms with van der Waals surface area (Å²) in [5.74, 6) is -3.59. The Morgan fingerprint density at radius 3 is 2.53 bits per heavy atom. The molecular formula is C22H26F3N4O2S+. The van der Waals surface area contributed by atoms with E-state index in [4.69, 9.17) is 0 Å². The van der Waals surface area contributed by atoms with Crippen molar-refractivity contribution in [3.8, 4) is 11.1 Å². The number of sulfonamides is 1. The number of alkyl halides is 2. The van der Waals surface area contributed by atoms with Crippen molar-refractivity contribution in [2.24, 2.45) is 0 Å². The number of benzene rings is 1. The third kappa shape index (κ3) is 4.43. The highest BCUT2D eigenvalue weighted by atomic mass is 32.2. The number of pyridine rings is 1. The van der Waals surface area contributed by atoms with Gasteiger partial charge in [0.05, 0.1) is 29.0 Å². The highest BCUT2D eigenvalue weighted by molar-refractivity contribution is 7.89. The van der Waals surface area contributed by atoms with Crippen molar-refractivity contribution in [3.05, 3.63) is 59.7 Å². The van der Waals surface area contributed by atoms with E-state index in [0.29, 0.717) is 22.3 Å². The number of quaternary nitrogens is 1. The Bertz CT molecular complexity index is 1290. The van der Waals surface area contributed by atoms with Crippen LogP contribution in [0.1, 0.15) is 18.3 Å². The van der Waals surface area contributed by atoms with Crippen molar-refractivity contribution < 1.29 is 27.3 Å². The Kier molecular flexibility index (Phi) is 6.50. The van der Waals surface area contributed by atoms with Crippen molar-refractivity contribution >= 4 is 21.1 Å². The molecule has 0 unspecified atom stereocenters. The molecule has 0 fully saturated rings. The van der Waals surface area contributed by atoms with E-state index in [0.717, 1.165) is 11.2 Å². The van der Waals surface area contributed by atoms with Crippen LogP contribution in [-0.2, 0) is 22.5 Å². The number of halogens is 3. The second kappa shape index (κ2) is 8.68. The molecule has 0 saturated carbocycles. The monoisotopic (exact) mass is 467 g/mol. The molecule has 0 saturated heterocycles. The lowest BCUT2D eigenvalue weighted by molar-refractivity contribution is -0.353.